The Morgan fingerprint density at radius 2 is 2.00 bits per heavy atom. The summed E-state index contributed by atoms with van der Waals surface area (Å²) in [7, 11) is 0. The Kier molecular flexibility index (Phi) is 4.33. The van der Waals surface area contributed by atoms with Crippen molar-refractivity contribution in [3.05, 3.63) is 23.4 Å². The van der Waals surface area contributed by atoms with Crippen LogP contribution in [0.2, 0.25) is 0 Å². The van der Waals surface area contributed by atoms with Crippen LogP contribution in [0.5, 0.6) is 5.88 Å². The van der Waals surface area contributed by atoms with Crippen LogP contribution in [-0.2, 0) is 4.79 Å². The van der Waals surface area contributed by atoms with Gasteiger partial charge in [-0.3, -0.25) is 9.59 Å². The van der Waals surface area contributed by atoms with Crippen molar-refractivity contribution in [2.45, 2.75) is 69.7 Å². The molecular weight excluding hydrogens is 354 g/mol. The summed E-state index contributed by atoms with van der Waals surface area (Å²) in [5.74, 6) is 1.31. The fourth-order valence-electron chi connectivity index (χ4n) is 4.98. The molecule has 4 aliphatic carbocycles. The third-order valence-electron chi connectivity index (χ3n) is 7.14. The van der Waals surface area contributed by atoms with E-state index < -0.39 is 0 Å². The zero-order valence-corrected chi connectivity index (χ0v) is 16.3. The molecule has 4 fully saturated rings. The number of pyridine rings is 1. The van der Waals surface area contributed by atoms with Gasteiger partial charge in [-0.05, 0) is 62.8 Å². The fraction of sp³-hybridized carbons (Fsp3) is 0.682. The van der Waals surface area contributed by atoms with Gasteiger partial charge >= 0.3 is 0 Å². The Morgan fingerprint density at radius 3 is 2.71 bits per heavy atom. The third-order valence-corrected chi connectivity index (χ3v) is 7.14. The minimum Gasteiger partial charge on any atom is -0.477 e. The van der Waals surface area contributed by atoms with Crippen molar-refractivity contribution in [3.8, 4) is 5.88 Å². The SMILES string of the molecule is NC(=O)[C@@H]1CCCC[C@]12C[C@@H]2NC(=O)c1ccc(C2CC2)c(OCC2CC2)n1. The van der Waals surface area contributed by atoms with E-state index in [1.54, 1.807) is 0 Å². The highest BCUT2D eigenvalue weighted by atomic mass is 16.5. The van der Waals surface area contributed by atoms with E-state index in [1.165, 1.54) is 25.7 Å². The first-order chi connectivity index (χ1) is 13.6. The van der Waals surface area contributed by atoms with Crippen LogP contribution in [0.3, 0.4) is 0 Å². The first-order valence-electron chi connectivity index (χ1n) is 10.8. The summed E-state index contributed by atoms with van der Waals surface area (Å²) >= 11 is 0. The molecule has 1 spiro atoms. The summed E-state index contributed by atoms with van der Waals surface area (Å²) in [5, 5.41) is 3.12. The predicted octanol–water partition coefficient (Wildman–Crippen LogP) is 2.91. The van der Waals surface area contributed by atoms with Crippen molar-refractivity contribution in [1.82, 2.24) is 10.3 Å². The van der Waals surface area contributed by atoms with E-state index in [2.05, 4.69) is 10.3 Å². The Labute approximate surface area is 165 Å². The lowest BCUT2D eigenvalue weighted by Gasteiger charge is -2.30. The smallest absolute Gasteiger partial charge is 0.270 e. The largest absolute Gasteiger partial charge is 0.477 e. The average Bonchev–Trinajstić information content (AvgIpc) is 3.55. The molecule has 0 radical (unpaired) electrons. The van der Waals surface area contributed by atoms with Crippen molar-refractivity contribution < 1.29 is 14.3 Å². The molecule has 6 nitrogen and oxygen atoms in total. The minimum atomic E-state index is -0.223. The van der Waals surface area contributed by atoms with Crippen LogP contribution in [0.4, 0.5) is 0 Å². The standard InChI is InChI=1S/C22H29N3O3/c23-19(26)16-3-1-2-10-22(16)11-18(22)25-20(27)17-9-8-15(14-6-7-14)21(24-17)28-12-13-4-5-13/h8-9,13-14,16,18H,1-7,10-12H2,(H2,23,26)(H,25,27)/t16-,18-,22-/m0/s1. The second-order valence-electron chi connectivity index (χ2n) is 9.28. The molecule has 4 aliphatic rings. The number of nitrogens with one attached hydrogen (secondary N) is 1. The molecule has 150 valence electrons. The van der Waals surface area contributed by atoms with Gasteiger partial charge in [-0.1, -0.05) is 18.9 Å². The topological polar surface area (TPSA) is 94.3 Å². The second-order valence-corrected chi connectivity index (χ2v) is 9.28. The molecular formula is C22H29N3O3. The number of carbonyl (C=O) groups excluding carboxylic acids is 2. The summed E-state index contributed by atoms with van der Waals surface area (Å²) in [6.07, 6.45) is 9.60. The lowest BCUT2D eigenvalue weighted by molar-refractivity contribution is -0.125. The number of aromatic nitrogens is 1. The Hall–Kier alpha value is -2.11. The molecule has 5 rings (SSSR count). The van der Waals surface area contributed by atoms with Crippen LogP contribution in [0.15, 0.2) is 12.1 Å². The van der Waals surface area contributed by atoms with Gasteiger partial charge in [-0.25, -0.2) is 4.98 Å². The van der Waals surface area contributed by atoms with E-state index in [1.807, 2.05) is 12.1 Å². The summed E-state index contributed by atoms with van der Waals surface area (Å²) in [4.78, 5) is 29.3. The van der Waals surface area contributed by atoms with Crippen LogP contribution in [0.1, 0.15) is 79.8 Å². The molecule has 0 aliphatic heterocycles. The molecule has 4 saturated carbocycles. The molecule has 0 saturated heterocycles. The van der Waals surface area contributed by atoms with E-state index in [9.17, 15) is 9.59 Å². The first kappa shape index (κ1) is 18.0. The average molecular weight is 383 g/mol. The maximum Gasteiger partial charge on any atom is 0.270 e. The number of hydrogen-bond donors (Lipinski definition) is 2. The minimum absolute atomic E-state index is 0.0264. The number of amides is 2. The van der Waals surface area contributed by atoms with Crippen molar-refractivity contribution in [2.24, 2.45) is 23.0 Å². The lowest BCUT2D eigenvalue weighted by atomic mass is 9.75. The van der Waals surface area contributed by atoms with Crippen LogP contribution < -0.4 is 15.8 Å². The molecule has 1 aromatic heterocycles. The molecule has 6 heteroatoms. The molecule has 0 unspecified atom stereocenters. The van der Waals surface area contributed by atoms with Crippen LogP contribution in [0, 0.1) is 17.3 Å². The first-order valence-corrected chi connectivity index (χ1v) is 10.8. The Balaban J connectivity index is 1.29. The molecule has 28 heavy (non-hydrogen) atoms. The molecule has 1 heterocycles. The molecule has 0 bridgehead atoms. The highest BCUT2D eigenvalue weighted by molar-refractivity contribution is 5.93. The van der Waals surface area contributed by atoms with Crippen molar-refractivity contribution >= 4 is 11.8 Å². The molecule has 1 aromatic rings. The number of primary amides is 1. The van der Waals surface area contributed by atoms with Gasteiger partial charge in [0.05, 0.1) is 6.61 Å². The maximum atomic E-state index is 12.9. The van der Waals surface area contributed by atoms with Crippen molar-refractivity contribution in [1.29, 1.82) is 0 Å². The van der Waals surface area contributed by atoms with Crippen LogP contribution in [0.25, 0.3) is 0 Å². The van der Waals surface area contributed by atoms with Gasteiger partial charge in [-0.2, -0.15) is 0 Å². The van der Waals surface area contributed by atoms with Gasteiger partial charge in [0.1, 0.15) is 5.69 Å². The van der Waals surface area contributed by atoms with Gasteiger partial charge in [0, 0.05) is 22.9 Å². The predicted molar refractivity (Wildman–Crippen MR) is 104 cm³/mol. The summed E-state index contributed by atoms with van der Waals surface area (Å²) in [6.45, 7) is 0.698. The summed E-state index contributed by atoms with van der Waals surface area (Å²) < 4.78 is 5.98. The molecule has 3 atom stereocenters. The summed E-state index contributed by atoms with van der Waals surface area (Å²) in [6, 6.07) is 3.85. The van der Waals surface area contributed by atoms with E-state index in [-0.39, 0.29) is 29.2 Å². The zero-order chi connectivity index (χ0) is 19.3. The normalized spacial score (nSPS) is 31.4. The lowest BCUT2D eigenvalue weighted by Crippen LogP contribution is -2.40. The molecule has 3 N–H and O–H groups in total. The number of rotatable bonds is 7. The van der Waals surface area contributed by atoms with Crippen molar-refractivity contribution in [2.75, 3.05) is 6.61 Å². The fourth-order valence-corrected chi connectivity index (χ4v) is 4.98. The number of ether oxygens (including phenoxy) is 1. The number of nitrogens with zero attached hydrogens (tertiary/aromatic N) is 1. The number of carbonyl (C=O) groups is 2. The third kappa shape index (κ3) is 3.38. The van der Waals surface area contributed by atoms with Gasteiger partial charge < -0.3 is 15.8 Å². The second kappa shape index (κ2) is 6.75. The van der Waals surface area contributed by atoms with Gasteiger partial charge in [-0.15, -0.1) is 0 Å². The monoisotopic (exact) mass is 383 g/mol. The van der Waals surface area contributed by atoms with Crippen LogP contribution >= 0.6 is 0 Å². The van der Waals surface area contributed by atoms with Crippen LogP contribution in [-0.4, -0.2) is 29.4 Å². The van der Waals surface area contributed by atoms with Gasteiger partial charge in [0.25, 0.3) is 5.91 Å². The Morgan fingerprint density at radius 1 is 1.18 bits per heavy atom. The van der Waals surface area contributed by atoms with E-state index in [4.69, 9.17) is 10.5 Å². The van der Waals surface area contributed by atoms with Crippen molar-refractivity contribution in [3.63, 3.8) is 0 Å². The van der Waals surface area contributed by atoms with E-state index in [0.29, 0.717) is 30.0 Å². The van der Waals surface area contributed by atoms with E-state index in [0.717, 1.165) is 37.7 Å². The highest BCUT2D eigenvalue weighted by Crippen LogP contribution is 2.59. The molecule has 0 aromatic carbocycles. The summed E-state index contributed by atoms with van der Waals surface area (Å²) in [5.41, 5.74) is 7.06. The number of nitrogens with two attached hydrogens (primary N) is 1. The highest BCUT2D eigenvalue weighted by Gasteiger charge is 2.61. The molecule has 2 amide bonds. The number of hydrogen-bond acceptors (Lipinski definition) is 4. The zero-order valence-electron chi connectivity index (χ0n) is 16.3. The maximum absolute atomic E-state index is 12.9. The Bertz CT molecular complexity index is 802. The quantitative estimate of drug-likeness (QED) is 0.757. The van der Waals surface area contributed by atoms with Gasteiger partial charge in [0.15, 0.2) is 0 Å². The van der Waals surface area contributed by atoms with E-state index >= 15 is 0 Å². The van der Waals surface area contributed by atoms with Gasteiger partial charge in [0.2, 0.25) is 11.8 Å².